The summed E-state index contributed by atoms with van der Waals surface area (Å²) in [5.41, 5.74) is 2.16. The summed E-state index contributed by atoms with van der Waals surface area (Å²) in [5.74, 6) is 0.764. The maximum absolute atomic E-state index is 12.3. The zero-order valence-corrected chi connectivity index (χ0v) is 16.4. The van der Waals surface area contributed by atoms with Crippen LogP contribution in [0.15, 0.2) is 42.1 Å². The molecule has 0 aliphatic rings. The molecule has 1 N–H and O–H groups in total. The van der Waals surface area contributed by atoms with E-state index in [4.69, 9.17) is 4.74 Å². The molecule has 1 aromatic heterocycles. The van der Waals surface area contributed by atoms with Crippen molar-refractivity contribution in [2.75, 3.05) is 20.3 Å². The number of thioether (sulfide) groups is 1. The van der Waals surface area contributed by atoms with Gasteiger partial charge in [0.25, 0.3) is 0 Å². The SMILES string of the molecule is C=CCn1c(SC(C)C(=O)NCCCOC)nnc1-c1cccc(C)c1. The predicted octanol–water partition coefficient (Wildman–Crippen LogP) is 3.07. The van der Waals surface area contributed by atoms with E-state index in [-0.39, 0.29) is 11.2 Å². The number of methoxy groups -OCH3 is 1. The molecule has 0 aliphatic heterocycles. The fourth-order valence-corrected chi connectivity index (χ4v) is 3.33. The van der Waals surface area contributed by atoms with Crippen molar-refractivity contribution in [2.45, 2.75) is 37.2 Å². The second-order valence-electron chi connectivity index (χ2n) is 5.97. The molecule has 6 nitrogen and oxygen atoms in total. The topological polar surface area (TPSA) is 69.0 Å². The van der Waals surface area contributed by atoms with E-state index in [1.165, 1.54) is 11.8 Å². The van der Waals surface area contributed by atoms with Crippen LogP contribution in [0.3, 0.4) is 0 Å². The van der Waals surface area contributed by atoms with Gasteiger partial charge in [0.15, 0.2) is 11.0 Å². The van der Waals surface area contributed by atoms with Gasteiger partial charge in [0.1, 0.15) is 0 Å². The highest BCUT2D eigenvalue weighted by Crippen LogP contribution is 2.27. The Labute approximate surface area is 159 Å². The van der Waals surface area contributed by atoms with E-state index >= 15 is 0 Å². The average molecular weight is 375 g/mol. The highest BCUT2D eigenvalue weighted by atomic mass is 32.2. The van der Waals surface area contributed by atoms with Gasteiger partial charge < -0.3 is 10.1 Å². The van der Waals surface area contributed by atoms with Gasteiger partial charge in [-0.1, -0.05) is 41.6 Å². The van der Waals surface area contributed by atoms with Gasteiger partial charge in [0.2, 0.25) is 5.91 Å². The third-order valence-electron chi connectivity index (χ3n) is 3.78. The zero-order chi connectivity index (χ0) is 18.9. The van der Waals surface area contributed by atoms with Crippen molar-refractivity contribution in [1.82, 2.24) is 20.1 Å². The number of ether oxygens (including phenoxy) is 1. The summed E-state index contributed by atoms with van der Waals surface area (Å²) in [6.45, 7) is 9.56. The molecule has 140 valence electrons. The molecule has 26 heavy (non-hydrogen) atoms. The first kappa shape index (κ1) is 20.2. The molecule has 1 amide bonds. The van der Waals surface area contributed by atoms with Crippen LogP contribution in [0.1, 0.15) is 18.9 Å². The van der Waals surface area contributed by atoms with E-state index in [1.54, 1.807) is 7.11 Å². The quantitative estimate of drug-likeness (QED) is 0.393. The maximum atomic E-state index is 12.3. The summed E-state index contributed by atoms with van der Waals surface area (Å²) in [5, 5.41) is 12.0. The first-order chi connectivity index (χ1) is 12.6. The predicted molar refractivity (Wildman–Crippen MR) is 105 cm³/mol. The number of aryl methyl sites for hydroxylation is 1. The molecule has 1 heterocycles. The Morgan fingerprint density at radius 2 is 2.27 bits per heavy atom. The van der Waals surface area contributed by atoms with Crippen molar-refractivity contribution in [1.29, 1.82) is 0 Å². The number of amides is 1. The number of hydrogen-bond acceptors (Lipinski definition) is 5. The van der Waals surface area contributed by atoms with E-state index in [1.807, 2.05) is 42.7 Å². The molecule has 0 spiro atoms. The Morgan fingerprint density at radius 3 is 2.96 bits per heavy atom. The van der Waals surface area contributed by atoms with Crippen LogP contribution in [0.2, 0.25) is 0 Å². The fraction of sp³-hybridized carbons (Fsp3) is 0.421. The highest BCUT2D eigenvalue weighted by molar-refractivity contribution is 8.00. The molecule has 2 rings (SSSR count). The van der Waals surface area contributed by atoms with E-state index in [9.17, 15) is 4.79 Å². The van der Waals surface area contributed by atoms with Gasteiger partial charge in [-0.05, 0) is 26.3 Å². The highest BCUT2D eigenvalue weighted by Gasteiger charge is 2.20. The Bertz CT molecular complexity index is 745. The Morgan fingerprint density at radius 1 is 1.46 bits per heavy atom. The number of nitrogens with one attached hydrogen (secondary N) is 1. The largest absolute Gasteiger partial charge is 0.385 e. The maximum Gasteiger partial charge on any atom is 0.233 e. The molecule has 2 aromatic rings. The fourth-order valence-electron chi connectivity index (χ4n) is 2.45. The molecule has 1 aromatic carbocycles. The molecule has 0 bridgehead atoms. The minimum absolute atomic E-state index is 0.0173. The third-order valence-corrected chi connectivity index (χ3v) is 4.86. The number of carbonyl (C=O) groups excluding carboxylic acids is 1. The molecule has 7 heteroatoms. The van der Waals surface area contributed by atoms with Gasteiger partial charge in [-0.2, -0.15) is 0 Å². The first-order valence-electron chi connectivity index (χ1n) is 8.61. The van der Waals surface area contributed by atoms with Crippen molar-refractivity contribution in [2.24, 2.45) is 0 Å². The van der Waals surface area contributed by atoms with Gasteiger partial charge >= 0.3 is 0 Å². The van der Waals surface area contributed by atoms with Crippen molar-refractivity contribution in [3.8, 4) is 11.4 Å². The van der Waals surface area contributed by atoms with Gasteiger partial charge in [0, 0.05) is 32.4 Å². The molecule has 0 saturated heterocycles. The number of rotatable bonds is 10. The summed E-state index contributed by atoms with van der Waals surface area (Å²) in [6.07, 6.45) is 2.60. The van der Waals surface area contributed by atoms with E-state index in [2.05, 4.69) is 28.2 Å². The average Bonchev–Trinajstić information content (AvgIpc) is 3.01. The zero-order valence-electron chi connectivity index (χ0n) is 15.6. The Balaban J connectivity index is 2.11. The molecular weight excluding hydrogens is 348 g/mol. The van der Waals surface area contributed by atoms with Crippen molar-refractivity contribution in [3.05, 3.63) is 42.5 Å². The normalized spacial score (nSPS) is 12.0. The summed E-state index contributed by atoms with van der Waals surface area (Å²) in [6, 6.07) is 8.13. The molecule has 0 radical (unpaired) electrons. The number of carbonyl (C=O) groups is 1. The Kier molecular flexibility index (Phi) is 7.87. The van der Waals surface area contributed by atoms with Crippen LogP contribution >= 0.6 is 11.8 Å². The van der Waals surface area contributed by atoms with E-state index in [0.29, 0.717) is 24.9 Å². The van der Waals surface area contributed by atoms with Gasteiger partial charge in [0.05, 0.1) is 5.25 Å². The lowest BCUT2D eigenvalue weighted by Crippen LogP contribution is -2.32. The first-order valence-corrected chi connectivity index (χ1v) is 9.49. The summed E-state index contributed by atoms with van der Waals surface area (Å²) in [7, 11) is 1.65. The van der Waals surface area contributed by atoms with Gasteiger partial charge in [-0.3, -0.25) is 9.36 Å². The molecular formula is C19H26N4O2S. The summed E-state index contributed by atoms with van der Waals surface area (Å²) >= 11 is 1.40. The van der Waals surface area contributed by atoms with Crippen molar-refractivity contribution >= 4 is 17.7 Å². The minimum atomic E-state index is -0.268. The van der Waals surface area contributed by atoms with Crippen LogP contribution in [0.25, 0.3) is 11.4 Å². The van der Waals surface area contributed by atoms with Crippen LogP contribution in [0, 0.1) is 6.92 Å². The molecule has 1 unspecified atom stereocenters. The second kappa shape index (κ2) is 10.1. The van der Waals surface area contributed by atoms with E-state index in [0.717, 1.165) is 23.4 Å². The van der Waals surface area contributed by atoms with E-state index < -0.39 is 0 Å². The smallest absolute Gasteiger partial charge is 0.233 e. The van der Waals surface area contributed by atoms with Crippen LogP contribution < -0.4 is 5.32 Å². The third kappa shape index (κ3) is 5.44. The summed E-state index contributed by atoms with van der Waals surface area (Å²) in [4.78, 5) is 12.3. The molecule has 1 atom stereocenters. The van der Waals surface area contributed by atoms with Crippen LogP contribution in [-0.4, -0.2) is 46.2 Å². The summed E-state index contributed by atoms with van der Waals surface area (Å²) < 4.78 is 6.98. The number of aromatic nitrogens is 3. The molecule has 0 fully saturated rings. The standard InChI is InChI=1S/C19H26N4O2S/c1-5-11-23-17(16-9-6-8-14(2)13-16)21-22-19(23)26-15(3)18(24)20-10-7-12-25-4/h5-6,8-9,13,15H,1,7,10-12H2,2-4H3,(H,20,24). The van der Waals surface area contributed by atoms with Crippen LogP contribution in [-0.2, 0) is 16.1 Å². The second-order valence-corrected chi connectivity index (χ2v) is 7.28. The number of benzene rings is 1. The molecule has 0 aliphatic carbocycles. The minimum Gasteiger partial charge on any atom is -0.385 e. The lowest BCUT2D eigenvalue weighted by molar-refractivity contribution is -0.120. The molecule has 0 saturated carbocycles. The monoisotopic (exact) mass is 374 g/mol. The van der Waals surface area contributed by atoms with Crippen LogP contribution in [0.4, 0.5) is 0 Å². The van der Waals surface area contributed by atoms with Crippen molar-refractivity contribution < 1.29 is 9.53 Å². The number of nitrogens with zero attached hydrogens (tertiary/aromatic N) is 3. The lowest BCUT2D eigenvalue weighted by atomic mass is 10.1. The number of hydrogen-bond donors (Lipinski definition) is 1. The number of allylic oxidation sites excluding steroid dienone is 1. The van der Waals surface area contributed by atoms with Gasteiger partial charge in [-0.25, -0.2) is 0 Å². The van der Waals surface area contributed by atoms with Gasteiger partial charge in [-0.15, -0.1) is 16.8 Å². The lowest BCUT2D eigenvalue weighted by Gasteiger charge is -2.13. The van der Waals surface area contributed by atoms with Crippen molar-refractivity contribution in [3.63, 3.8) is 0 Å². The Hall–Kier alpha value is -2.12. The van der Waals surface area contributed by atoms with Crippen LogP contribution in [0.5, 0.6) is 0 Å².